The lowest BCUT2D eigenvalue weighted by Crippen LogP contribution is -2.23. The first-order valence-electron chi connectivity index (χ1n) is 7.99. The Labute approximate surface area is 157 Å². The van der Waals surface area contributed by atoms with E-state index in [4.69, 9.17) is 5.73 Å². The van der Waals surface area contributed by atoms with Gasteiger partial charge < -0.3 is 10.7 Å². The number of hydrogen-bond donors (Lipinski definition) is 2. The molecule has 4 rings (SSSR count). The lowest BCUT2D eigenvalue weighted by atomic mass is 10.0. The van der Waals surface area contributed by atoms with Crippen LogP contribution in [-0.2, 0) is 4.79 Å². The van der Waals surface area contributed by atoms with Gasteiger partial charge in [-0.05, 0) is 29.3 Å². The summed E-state index contributed by atoms with van der Waals surface area (Å²) >= 11 is 2.57. The fourth-order valence-electron chi connectivity index (χ4n) is 2.78. The van der Waals surface area contributed by atoms with Gasteiger partial charge in [-0.2, -0.15) is 0 Å². The molecule has 5 nitrogen and oxygen atoms in total. The van der Waals surface area contributed by atoms with Gasteiger partial charge in [-0.15, -0.1) is 11.3 Å². The highest BCUT2D eigenvalue weighted by Crippen LogP contribution is 2.33. The Morgan fingerprint density at radius 1 is 1.23 bits per heavy atom. The van der Waals surface area contributed by atoms with Gasteiger partial charge in [0.05, 0.1) is 10.6 Å². The van der Waals surface area contributed by atoms with Gasteiger partial charge in [-0.25, -0.2) is 4.98 Å². The number of nitrogens with zero attached hydrogens (tertiary/aromatic N) is 1. The molecule has 1 atom stereocenters. The SMILES string of the molecule is CC(Sc1nc2scc(-c3ccc4ccccc4c3)c2c(=O)[nH]1)C(N)=O. The van der Waals surface area contributed by atoms with Gasteiger partial charge in [0, 0.05) is 10.9 Å². The molecule has 0 bridgehead atoms. The number of benzene rings is 2. The molecule has 0 saturated carbocycles. The molecule has 1 unspecified atom stereocenters. The Hall–Kier alpha value is -2.64. The fourth-order valence-corrected chi connectivity index (χ4v) is 4.53. The maximum atomic E-state index is 12.7. The van der Waals surface area contributed by atoms with Crippen molar-refractivity contribution < 1.29 is 4.79 Å². The Morgan fingerprint density at radius 3 is 2.77 bits per heavy atom. The highest BCUT2D eigenvalue weighted by Gasteiger charge is 2.16. The van der Waals surface area contributed by atoms with Crippen LogP contribution in [0.4, 0.5) is 0 Å². The van der Waals surface area contributed by atoms with Crippen LogP contribution < -0.4 is 11.3 Å². The zero-order valence-corrected chi connectivity index (χ0v) is 15.5. The minimum Gasteiger partial charge on any atom is -0.369 e. The zero-order valence-electron chi connectivity index (χ0n) is 13.9. The second-order valence-corrected chi connectivity index (χ2v) is 8.11. The molecule has 0 spiro atoms. The van der Waals surface area contributed by atoms with E-state index in [-0.39, 0.29) is 5.56 Å². The topological polar surface area (TPSA) is 88.8 Å². The number of thiophene rings is 1. The number of primary amides is 1. The first kappa shape index (κ1) is 16.8. The molecule has 130 valence electrons. The quantitative estimate of drug-likeness (QED) is 0.416. The number of carbonyl (C=O) groups is 1. The van der Waals surface area contributed by atoms with Gasteiger partial charge in [0.25, 0.3) is 5.56 Å². The number of H-pyrrole nitrogens is 1. The molecule has 7 heteroatoms. The molecular formula is C19H15N3O2S2. The standard InChI is InChI=1S/C19H15N3O2S2/c1-10(16(20)23)26-19-21-17(24)15-14(9-25-18(15)22-19)13-7-6-11-4-2-3-5-12(11)8-13/h2-10H,1H3,(H2,20,23)(H,21,22,24). The number of nitrogens with two attached hydrogens (primary N) is 1. The molecule has 2 heterocycles. The van der Waals surface area contributed by atoms with Crippen LogP contribution in [0.3, 0.4) is 0 Å². The van der Waals surface area contributed by atoms with E-state index in [0.717, 1.165) is 33.7 Å². The summed E-state index contributed by atoms with van der Waals surface area (Å²) in [6, 6.07) is 14.3. The van der Waals surface area contributed by atoms with Gasteiger partial charge in [0.2, 0.25) is 5.91 Å². The number of carbonyl (C=O) groups excluding carboxylic acids is 1. The molecule has 26 heavy (non-hydrogen) atoms. The van der Waals surface area contributed by atoms with Crippen LogP contribution in [0.25, 0.3) is 32.1 Å². The van der Waals surface area contributed by atoms with E-state index in [9.17, 15) is 9.59 Å². The predicted molar refractivity (Wildman–Crippen MR) is 108 cm³/mol. The van der Waals surface area contributed by atoms with E-state index in [2.05, 4.69) is 34.2 Å². The number of hydrogen-bond acceptors (Lipinski definition) is 5. The fraction of sp³-hybridized carbons (Fsp3) is 0.105. The number of fused-ring (bicyclic) bond motifs is 2. The second-order valence-electron chi connectivity index (χ2n) is 5.92. The molecule has 0 saturated heterocycles. The smallest absolute Gasteiger partial charge is 0.260 e. The van der Waals surface area contributed by atoms with Crippen molar-refractivity contribution in [3.8, 4) is 11.1 Å². The summed E-state index contributed by atoms with van der Waals surface area (Å²) < 4.78 is 0. The lowest BCUT2D eigenvalue weighted by molar-refractivity contribution is -0.117. The van der Waals surface area contributed by atoms with Crippen LogP contribution in [0.5, 0.6) is 0 Å². The van der Waals surface area contributed by atoms with Crippen molar-refractivity contribution in [2.24, 2.45) is 5.73 Å². The van der Waals surface area contributed by atoms with Gasteiger partial charge in [0.15, 0.2) is 5.16 Å². The monoisotopic (exact) mass is 381 g/mol. The summed E-state index contributed by atoms with van der Waals surface area (Å²) in [6.07, 6.45) is 0. The largest absolute Gasteiger partial charge is 0.369 e. The molecule has 4 aromatic rings. The average Bonchev–Trinajstić information content (AvgIpc) is 3.05. The number of aromatic nitrogens is 2. The van der Waals surface area contributed by atoms with Crippen molar-refractivity contribution in [3.63, 3.8) is 0 Å². The molecule has 2 aromatic carbocycles. The van der Waals surface area contributed by atoms with Crippen LogP contribution in [0.15, 0.2) is 57.8 Å². The third-order valence-corrected chi connectivity index (χ3v) is 6.05. The van der Waals surface area contributed by atoms with E-state index in [1.807, 2.05) is 23.6 Å². The van der Waals surface area contributed by atoms with Crippen molar-refractivity contribution in [3.05, 3.63) is 58.2 Å². The maximum Gasteiger partial charge on any atom is 0.260 e. The van der Waals surface area contributed by atoms with E-state index in [1.165, 1.54) is 11.3 Å². The highest BCUT2D eigenvalue weighted by atomic mass is 32.2. The van der Waals surface area contributed by atoms with E-state index in [0.29, 0.717) is 15.4 Å². The number of amides is 1. The summed E-state index contributed by atoms with van der Waals surface area (Å²) in [6.45, 7) is 1.69. The van der Waals surface area contributed by atoms with Crippen molar-refractivity contribution in [1.29, 1.82) is 0 Å². The van der Waals surface area contributed by atoms with Crippen LogP contribution in [-0.4, -0.2) is 21.1 Å². The molecule has 1 amide bonds. The van der Waals surface area contributed by atoms with Crippen LogP contribution in [0.1, 0.15) is 6.92 Å². The Kier molecular flexibility index (Phi) is 4.26. The summed E-state index contributed by atoms with van der Waals surface area (Å²) in [5.41, 5.74) is 6.92. The van der Waals surface area contributed by atoms with Crippen molar-refractivity contribution in [2.75, 3.05) is 0 Å². The van der Waals surface area contributed by atoms with Crippen molar-refractivity contribution in [2.45, 2.75) is 17.3 Å². The Morgan fingerprint density at radius 2 is 2.00 bits per heavy atom. The minimum absolute atomic E-state index is 0.210. The van der Waals surface area contributed by atoms with Crippen LogP contribution in [0.2, 0.25) is 0 Å². The molecule has 0 aliphatic heterocycles. The Bertz CT molecular complexity index is 1200. The third kappa shape index (κ3) is 3.00. The highest BCUT2D eigenvalue weighted by molar-refractivity contribution is 8.00. The van der Waals surface area contributed by atoms with E-state index >= 15 is 0 Å². The molecule has 0 aliphatic carbocycles. The van der Waals surface area contributed by atoms with Gasteiger partial charge in [0.1, 0.15) is 4.83 Å². The van der Waals surface area contributed by atoms with Gasteiger partial charge in [-0.1, -0.05) is 48.2 Å². The number of thioether (sulfide) groups is 1. The molecule has 0 aliphatic rings. The average molecular weight is 381 g/mol. The minimum atomic E-state index is -0.462. The zero-order chi connectivity index (χ0) is 18.3. The van der Waals surface area contributed by atoms with Crippen LogP contribution in [0, 0.1) is 0 Å². The third-order valence-electron chi connectivity index (χ3n) is 4.17. The Balaban J connectivity index is 1.81. The van der Waals surface area contributed by atoms with Crippen molar-refractivity contribution in [1.82, 2.24) is 9.97 Å². The first-order valence-corrected chi connectivity index (χ1v) is 9.75. The summed E-state index contributed by atoms with van der Waals surface area (Å²) in [7, 11) is 0. The summed E-state index contributed by atoms with van der Waals surface area (Å²) in [5, 5.41) is 4.74. The van der Waals surface area contributed by atoms with Crippen molar-refractivity contribution >= 4 is 50.0 Å². The summed E-state index contributed by atoms with van der Waals surface area (Å²) in [4.78, 5) is 31.8. The normalized spacial score (nSPS) is 12.5. The first-order chi connectivity index (χ1) is 12.5. The predicted octanol–water partition coefficient (Wildman–Crippen LogP) is 3.77. The van der Waals surface area contributed by atoms with Crippen LogP contribution >= 0.6 is 23.1 Å². The number of aromatic amines is 1. The summed E-state index contributed by atoms with van der Waals surface area (Å²) in [5.74, 6) is -0.444. The second kappa shape index (κ2) is 6.59. The molecule has 0 radical (unpaired) electrons. The molecule has 3 N–H and O–H groups in total. The lowest BCUT2D eigenvalue weighted by Gasteiger charge is -2.06. The van der Waals surface area contributed by atoms with E-state index < -0.39 is 11.2 Å². The van der Waals surface area contributed by atoms with E-state index in [1.54, 1.807) is 6.92 Å². The van der Waals surface area contributed by atoms with Gasteiger partial charge >= 0.3 is 0 Å². The number of rotatable bonds is 4. The van der Waals surface area contributed by atoms with Gasteiger partial charge in [-0.3, -0.25) is 9.59 Å². The number of nitrogens with one attached hydrogen (secondary N) is 1. The molecular weight excluding hydrogens is 366 g/mol. The molecule has 0 fully saturated rings. The maximum absolute atomic E-state index is 12.7. The molecule has 2 aromatic heterocycles.